The molecule has 1 unspecified atom stereocenters. The smallest absolute Gasteiger partial charge is 0.111 e. The average Bonchev–Trinajstić information content (AvgIpc) is 1.84. The molecule has 10 heavy (non-hydrogen) atoms. The number of unbranched alkanes of at least 4 members (excludes halogenated alkanes) is 1. The van der Waals surface area contributed by atoms with Crippen molar-refractivity contribution in [1.29, 1.82) is 0 Å². The lowest BCUT2D eigenvalue weighted by atomic mass is 10.00. The molecule has 0 saturated heterocycles. The molecule has 3 N–H and O–H groups in total. The van der Waals surface area contributed by atoms with Crippen LogP contribution in [-0.4, -0.2) is 15.7 Å². The Balaban J connectivity index is 3.75. The van der Waals surface area contributed by atoms with E-state index in [0.717, 1.165) is 12.8 Å². The largest absolute Gasteiger partial charge is 0.391 e. The maximum absolute atomic E-state index is 9.46. The molecule has 0 aromatic carbocycles. The molecular weight excluding hydrogens is 146 g/mol. The van der Waals surface area contributed by atoms with Crippen LogP contribution in [0.25, 0.3) is 0 Å². The molecule has 0 aliphatic heterocycles. The van der Waals surface area contributed by atoms with Gasteiger partial charge in [0.15, 0.2) is 0 Å². The number of nitrogens with two attached hydrogens (primary N) is 1. The molecule has 1 atom stereocenters. The first-order valence-electron chi connectivity index (χ1n) is 3.53. The number of hydrogen-bond donors (Lipinski definition) is 2. The van der Waals surface area contributed by atoms with Crippen LogP contribution in [0.2, 0.25) is 0 Å². The van der Waals surface area contributed by atoms with Crippen molar-refractivity contribution in [3.63, 3.8) is 0 Å². The number of rotatable bonds is 4. The van der Waals surface area contributed by atoms with Gasteiger partial charge in [0.05, 0.1) is 0 Å². The zero-order chi connectivity index (χ0) is 8.20. The van der Waals surface area contributed by atoms with Gasteiger partial charge >= 0.3 is 0 Å². The van der Waals surface area contributed by atoms with E-state index < -0.39 is 5.60 Å². The summed E-state index contributed by atoms with van der Waals surface area (Å²) in [5.74, 6) is 0. The van der Waals surface area contributed by atoms with Crippen LogP contribution in [0.3, 0.4) is 0 Å². The first-order chi connectivity index (χ1) is 4.50. The van der Waals surface area contributed by atoms with Gasteiger partial charge in [0.25, 0.3) is 0 Å². The Morgan fingerprint density at radius 1 is 1.70 bits per heavy atom. The Labute approximate surface area is 67.4 Å². The quantitative estimate of drug-likeness (QED) is 0.609. The van der Waals surface area contributed by atoms with Crippen molar-refractivity contribution in [2.24, 2.45) is 5.73 Å². The van der Waals surface area contributed by atoms with Crippen LogP contribution in [0.5, 0.6) is 0 Å². The van der Waals surface area contributed by atoms with E-state index in [4.69, 9.17) is 5.73 Å². The zero-order valence-electron chi connectivity index (χ0n) is 6.55. The molecule has 0 saturated carbocycles. The fourth-order valence-electron chi connectivity index (χ4n) is 0.644. The second kappa shape index (κ2) is 3.88. The maximum Gasteiger partial charge on any atom is 0.111 e. The van der Waals surface area contributed by atoms with Gasteiger partial charge in [-0.25, -0.2) is 0 Å². The van der Waals surface area contributed by atoms with Crippen molar-refractivity contribution in [1.82, 2.24) is 0 Å². The topological polar surface area (TPSA) is 46.2 Å². The fraction of sp³-hybridized carbons (Fsp3) is 0.857. The Bertz CT molecular complexity index is 123. The minimum atomic E-state index is -0.939. The van der Waals surface area contributed by atoms with Gasteiger partial charge in [-0.05, 0) is 13.3 Å². The summed E-state index contributed by atoms with van der Waals surface area (Å²) in [4.78, 5) is 0.195. The monoisotopic (exact) mass is 161 g/mol. The van der Waals surface area contributed by atoms with E-state index in [0.29, 0.717) is 6.42 Å². The van der Waals surface area contributed by atoms with Crippen molar-refractivity contribution < 1.29 is 5.11 Å². The molecule has 0 aromatic heterocycles. The zero-order valence-corrected chi connectivity index (χ0v) is 7.37. The summed E-state index contributed by atoms with van der Waals surface area (Å²) in [7, 11) is 0. The molecule has 0 amide bonds. The number of thiocarbonyl (C=S) groups is 1. The lowest BCUT2D eigenvalue weighted by Crippen LogP contribution is -2.39. The van der Waals surface area contributed by atoms with E-state index in [1.807, 2.05) is 0 Å². The van der Waals surface area contributed by atoms with Crippen LogP contribution in [0.4, 0.5) is 0 Å². The standard InChI is InChI=1S/C7H15NOS/c1-3-4-5-7(2,9)6(8)10/h9H,3-5H2,1-2H3,(H2,8,10). The van der Waals surface area contributed by atoms with Crippen molar-refractivity contribution in [3.05, 3.63) is 0 Å². The highest BCUT2D eigenvalue weighted by Crippen LogP contribution is 2.13. The van der Waals surface area contributed by atoms with Gasteiger partial charge < -0.3 is 10.8 Å². The maximum atomic E-state index is 9.46. The molecule has 0 heterocycles. The molecule has 0 rings (SSSR count). The number of hydrogen-bond acceptors (Lipinski definition) is 2. The van der Waals surface area contributed by atoms with Gasteiger partial charge in [-0.15, -0.1) is 0 Å². The molecule has 0 aromatic rings. The molecular formula is C7H15NOS. The molecule has 0 aliphatic rings. The van der Waals surface area contributed by atoms with Crippen LogP contribution in [0.1, 0.15) is 33.1 Å². The van der Waals surface area contributed by atoms with Crippen LogP contribution >= 0.6 is 12.2 Å². The first kappa shape index (κ1) is 9.85. The van der Waals surface area contributed by atoms with Crippen LogP contribution in [0, 0.1) is 0 Å². The van der Waals surface area contributed by atoms with E-state index in [-0.39, 0.29) is 4.99 Å². The first-order valence-corrected chi connectivity index (χ1v) is 3.94. The summed E-state index contributed by atoms with van der Waals surface area (Å²) < 4.78 is 0. The third-order valence-corrected chi connectivity index (χ3v) is 1.99. The molecule has 0 aliphatic carbocycles. The van der Waals surface area contributed by atoms with E-state index in [2.05, 4.69) is 19.1 Å². The van der Waals surface area contributed by atoms with Crippen molar-refractivity contribution >= 4 is 17.2 Å². The second-order valence-electron chi connectivity index (χ2n) is 2.74. The highest BCUT2D eigenvalue weighted by atomic mass is 32.1. The summed E-state index contributed by atoms with van der Waals surface area (Å²) in [6, 6.07) is 0. The van der Waals surface area contributed by atoms with Crippen LogP contribution in [0.15, 0.2) is 0 Å². The van der Waals surface area contributed by atoms with Gasteiger partial charge in [-0.3, -0.25) is 0 Å². The van der Waals surface area contributed by atoms with Gasteiger partial charge in [-0.1, -0.05) is 32.0 Å². The highest BCUT2D eigenvalue weighted by Gasteiger charge is 2.22. The molecule has 0 spiro atoms. The van der Waals surface area contributed by atoms with Gasteiger partial charge in [-0.2, -0.15) is 0 Å². The van der Waals surface area contributed by atoms with E-state index in [1.54, 1.807) is 6.92 Å². The average molecular weight is 161 g/mol. The van der Waals surface area contributed by atoms with Gasteiger partial charge in [0.2, 0.25) is 0 Å². The number of aliphatic hydroxyl groups is 1. The summed E-state index contributed by atoms with van der Waals surface area (Å²) in [5.41, 5.74) is 4.35. The summed E-state index contributed by atoms with van der Waals surface area (Å²) in [5, 5.41) is 9.46. The Morgan fingerprint density at radius 2 is 2.20 bits per heavy atom. The van der Waals surface area contributed by atoms with Crippen LogP contribution in [-0.2, 0) is 0 Å². The van der Waals surface area contributed by atoms with E-state index in [9.17, 15) is 5.11 Å². The summed E-state index contributed by atoms with van der Waals surface area (Å²) in [6.07, 6.45) is 2.68. The second-order valence-corrected chi connectivity index (χ2v) is 3.18. The van der Waals surface area contributed by atoms with Crippen molar-refractivity contribution in [2.75, 3.05) is 0 Å². The molecule has 0 fully saturated rings. The van der Waals surface area contributed by atoms with Gasteiger partial charge in [0, 0.05) is 0 Å². The van der Waals surface area contributed by atoms with Crippen molar-refractivity contribution in [3.8, 4) is 0 Å². The molecule has 0 bridgehead atoms. The normalized spacial score (nSPS) is 16.3. The Hall–Kier alpha value is -0.150. The van der Waals surface area contributed by atoms with Crippen molar-refractivity contribution in [2.45, 2.75) is 38.7 Å². The summed E-state index contributed by atoms with van der Waals surface area (Å²) in [6.45, 7) is 3.72. The summed E-state index contributed by atoms with van der Waals surface area (Å²) >= 11 is 4.67. The Kier molecular flexibility index (Phi) is 3.83. The molecule has 3 heteroatoms. The lowest BCUT2D eigenvalue weighted by Gasteiger charge is -2.20. The van der Waals surface area contributed by atoms with E-state index >= 15 is 0 Å². The van der Waals surface area contributed by atoms with Crippen LogP contribution < -0.4 is 5.73 Å². The van der Waals surface area contributed by atoms with Gasteiger partial charge in [0.1, 0.15) is 10.6 Å². The lowest BCUT2D eigenvalue weighted by molar-refractivity contribution is 0.121. The molecule has 2 nitrogen and oxygen atoms in total. The fourth-order valence-corrected chi connectivity index (χ4v) is 0.746. The predicted molar refractivity (Wildman–Crippen MR) is 46.9 cm³/mol. The third kappa shape index (κ3) is 3.13. The Morgan fingerprint density at radius 3 is 2.50 bits per heavy atom. The third-order valence-electron chi connectivity index (χ3n) is 1.55. The highest BCUT2D eigenvalue weighted by molar-refractivity contribution is 7.80. The molecule has 60 valence electrons. The minimum Gasteiger partial charge on any atom is -0.391 e. The predicted octanol–water partition coefficient (Wildman–Crippen LogP) is 1.21. The van der Waals surface area contributed by atoms with E-state index in [1.165, 1.54) is 0 Å². The molecule has 0 radical (unpaired) electrons. The SMILES string of the molecule is CCCCC(C)(O)C(N)=S. The minimum absolute atomic E-state index is 0.195.